The van der Waals surface area contributed by atoms with Gasteiger partial charge >= 0.3 is 17.9 Å². The van der Waals surface area contributed by atoms with E-state index in [4.69, 9.17) is 19.9 Å². The molecule has 0 radical (unpaired) electrons. The van der Waals surface area contributed by atoms with Gasteiger partial charge in [-0.25, -0.2) is 0 Å². The second-order valence-corrected chi connectivity index (χ2v) is 12.6. The first-order valence-electron chi connectivity index (χ1n) is 19.6. The number of unbranched alkanes of at least 4 members (excludes halogenated alkanes) is 10. The Hall–Kier alpha value is -3.19. The van der Waals surface area contributed by atoms with Crippen LogP contribution in [0.25, 0.3) is 0 Å². The van der Waals surface area contributed by atoms with Gasteiger partial charge in [0.15, 0.2) is 6.10 Å². The molecule has 0 saturated carbocycles. The van der Waals surface area contributed by atoms with Crippen LogP contribution in [0, 0.1) is 0 Å². The van der Waals surface area contributed by atoms with Crippen molar-refractivity contribution in [1.82, 2.24) is 0 Å². The highest BCUT2D eigenvalue weighted by atomic mass is 16.6. The van der Waals surface area contributed by atoms with Gasteiger partial charge in [-0.3, -0.25) is 14.4 Å². The Bertz CT molecular complexity index is 993. The number of carbonyl (C=O) groups excluding carboxylic acids is 3. The first-order chi connectivity index (χ1) is 24.5. The highest BCUT2D eigenvalue weighted by molar-refractivity contribution is 5.71. The number of rotatable bonds is 34. The normalized spacial score (nSPS) is 12.8. The van der Waals surface area contributed by atoms with Crippen LogP contribution in [0.3, 0.4) is 0 Å². The second kappa shape index (κ2) is 38.6. The van der Waals surface area contributed by atoms with Crippen molar-refractivity contribution in [3.63, 3.8) is 0 Å². The third-order valence-electron chi connectivity index (χ3n) is 7.81. The van der Waals surface area contributed by atoms with Gasteiger partial charge in [-0.2, -0.15) is 0 Å². The molecule has 7 heteroatoms. The van der Waals surface area contributed by atoms with Gasteiger partial charge in [0.25, 0.3) is 0 Å². The summed E-state index contributed by atoms with van der Waals surface area (Å²) in [5.41, 5.74) is 5.48. The maximum Gasteiger partial charge on any atom is 0.306 e. The Labute approximate surface area is 305 Å². The number of esters is 3. The van der Waals surface area contributed by atoms with Gasteiger partial charge in [0.2, 0.25) is 0 Å². The molecule has 2 N–H and O–H groups in total. The lowest BCUT2D eigenvalue weighted by atomic mass is 10.1. The molecule has 0 heterocycles. The zero-order valence-electron chi connectivity index (χ0n) is 31.7. The summed E-state index contributed by atoms with van der Waals surface area (Å²) in [5.74, 6) is -1.10. The molecule has 0 aliphatic heterocycles. The van der Waals surface area contributed by atoms with Crippen LogP contribution in [0.15, 0.2) is 72.9 Å². The summed E-state index contributed by atoms with van der Waals surface area (Å²) >= 11 is 0. The maximum atomic E-state index is 12.5. The third-order valence-corrected chi connectivity index (χ3v) is 7.81. The van der Waals surface area contributed by atoms with Crippen molar-refractivity contribution in [2.24, 2.45) is 5.73 Å². The Morgan fingerprint density at radius 1 is 0.460 bits per heavy atom. The van der Waals surface area contributed by atoms with Crippen molar-refractivity contribution >= 4 is 17.9 Å². The molecule has 0 aromatic carbocycles. The number of hydrogen-bond acceptors (Lipinski definition) is 7. The van der Waals surface area contributed by atoms with Gasteiger partial charge in [0.05, 0.1) is 0 Å². The fraction of sp³-hybridized carbons (Fsp3) is 0.651. The van der Waals surface area contributed by atoms with Crippen molar-refractivity contribution in [3.8, 4) is 0 Å². The van der Waals surface area contributed by atoms with Crippen LogP contribution < -0.4 is 5.73 Å². The summed E-state index contributed by atoms with van der Waals surface area (Å²) in [6, 6.07) is 0. The molecule has 0 aromatic rings. The molecule has 0 amide bonds. The van der Waals surface area contributed by atoms with E-state index in [1.165, 1.54) is 0 Å². The minimum absolute atomic E-state index is 0.120. The smallest absolute Gasteiger partial charge is 0.306 e. The minimum Gasteiger partial charge on any atom is -0.462 e. The van der Waals surface area contributed by atoms with Crippen LogP contribution in [-0.2, 0) is 28.6 Å². The molecule has 1 atom stereocenters. The Balaban J connectivity index is 4.18. The fourth-order valence-corrected chi connectivity index (χ4v) is 4.90. The molecule has 0 saturated heterocycles. The van der Waals surface area contributed by atoms with Crippen molar-refractivity contribution < 1.29 is 28.6 Å². The zero-order chi connectivity index (χ0) is 36.6. The average Bonchev–Trinajstić information content (AvgIpc) is 3.11. The average molecular weight is 698 g/mol. The second-order valence-electron chi connectivity index (χ2n) is 12.6. The highest BCUT2D eigenvalue weighted by Crippen LogP contribution is 2.11. The predicted octanol–water partition coefficient (Wildman–Crippen LogP) is 10.9. The van der Waals surface area contributed by atoms with E-state index in [1.54, 1.807) is 0 Å². The highest BCUT2D eigenvalue weighted by Gasteiger charge is 2.19. The zero-order valence-corrected chi connectivity index (χ0v) is 31.7. The summed E-state index contributed by atoms with van der Waals surface area (Å²) in [5, 5.41) is 0. The standard InChI is InChI=1S/C43H71NO6/c1-3-5-7-9-11-13-15-17-19-21-23-25-27-29-31-34-41(45)48-38-40(39-49-42(46)36-33-37-44)50-43(47)35-32-30-28-26-24-22-20-18-16-14-12-10-8-6-4-2/h5-8,11-14,17-20,40H,3-4,9-10,15-16,21-39,44H2,1-2H3/b7-5+,8-6+,13-11+,14-12+,19-17+,20-18+. The van der Waals surface area contributed by atoms with E-state index in [2.05, 4.69) is 86.8 Å². The SMILES string of the molecule is CC/C=C/C/C=C/C/C=C/CCCCCCCC(=O)OCC(COC(=O)CCCN)OC(=O)CCCCCCC/C=C/C/C=C/C/C=C/CC. The molecule has 0 aliphatic rings. The first-order valence-corrected chi connectivity index (χ1v) is 19.6. The lowest BCUT2D eigenvalue weighted by Crippen LogP contribution is -2.31. The molecule has 1 unspecified atom stereocenters. The quantitative estimate of drug-likeness (QED) is 0.0309. The van der Waals surface area contributed by atoms with Gasteiger partial charge in [-0.15, -0.1) is 0 Å². The lowest BCUT2D eigenvalue weighted by molar-refractivity contribution is -0.167. The van der Waals surface area contributed by atoms with Gasteiger partial charge in [-0.1, -0.05) is 125 Å². The van der Waals surface area contributed by atoms with Crippen molar-refractivity contribution in [2.75, 3.05) is 19.8 Å². The molecule has 284 valence electrons. The molecule has 0 rings (SSSR count). The molecule has 0 aromatic heterocycles. The van der Waals surface area contributed by atoms with E-state index < -0.39 is 12.1 Å². The Morgan fingerprint density at radius 2 is 0.820 bits per heavy atom. The molecular formula is C43H71NO6. The maximum absolute atomic E-state index is 12.5. The van der Waals surface area contributed by atoms with E-state index in [9.17, 15) is 14.4 Å². The molecule has 0 fully saturated rings. The number of nitrogens with two attached hydrogens (primary N) is 1. The number of ether oxygens (including phenoxy) is 3. The Morgan fingerprint density at radius 3 is 1.26 bits per heavy atom. The fourth-order valence-electron chi connectivity index (χ4n) is 4.90. The topological polar surface area (TPSA) is 105 Å². The monoisotopic (exact) mass is 698 g/mol. The summed E-state index contributed by atoms with van der Waals surface area (Å²) in [7, 11) is 0. The van der Waals surface area contributed by atoms with E-state index in [1.807, 2.05) is 0 Å². The van der Waals surface area contributed by atoms with Crippen LogP contribution in [0.2, 0.25) is 0 Å². The molecule has 0 aliphatic carbocycles. The lowest BCUT2D eigenvalue weighted by Gasteiger charge is -2.18. The van der Waals surface area contributed by atoms with Crippen LogP contribution in [0.5, 0.6) is 0 Å². The molecule has 50 heavy (non-hydrogen) atoms. The summed E-state index contributed by atoms with van der Waals surface area (Å²) in [4.78, 5) is 36.9. The minimum atomic E-state index is -0.816. The first kappa shape index (κ1) is 46.8. The van der Waals surface area contributed by atoms with Crippen LogP contribution in [-0.4, -0.2) is 43.8 Å². The molecular weight excluding hydrogens is 626 g/mol. The van der Waals surface area contributed by atoms with Crippen molar-refractivity contribution in [1.29, 1.82) is 0 Å². The molecule has 0 bridgehead atoms. The Kier molecular flexibility index (Phi) is 36.1. The van der Waals surface area contributed by atoms with E-state index in [0.717, 1.165) is 116 Å². The van der Waals surface area contributed by atoms with E-state index in [0.29, 0.717) is 19.4 Å². The largest absolute Gasteiger partial charge is 0.462 e. The summed E-state index contributed by atoms with van der Waals surface area (Å²) in [6.45, 7) is 4.42. The number of carbonyl (C=O) groups is 3. The van der Waals surface area contributed by atoms with Crippen LogP contribution >= 0.6 is 0 Å². The molecule has 0 spiro atoms. The number of allylic oxidation sites excluding steroid dienone is 12. The summed E-state index contributed by atoms with van der Waals surface area (Å²) < 4.78 is 16.2. The van der Waals surface area contributed by atoms with Crippen molar-refractivity contribution in [3.05, 3.63) is 72.9 Å². The van der Waals surface area contributed by atoms with Gasteiger partial charge in [-0.05, 0) is 90.0 Å². The van der Waals surface area contributed by atoms with Gasteiger partial charge in [0, 0.05) is 19.3 Å². The van der Waals surface area contributed by atoms with Crippen LogP contribution in [0.1, 0.15) is 155 Å². The predicted molar refractivity (Wildman–Crippen MR) is 209 cm³/mol. The van der Waals surface area contributed by atoms with Crippen LogP contribution in [0.4, 0.5) is 0 Å². The van der Waals surface area contributed by atoms with Crippen molar-refractivity contribution in [2.45, 2.75) is 161 Å². The summed E-state index contributed by atoms with van der Waals surface area (Å²) in [6.07, 6.45) is 45.4. The molecule has 7 nitrogen and oxygen atoms in total. The number of hydrogen-bond donors (Lipinski definition) is 1. The van der Waals surface area contributed by atoms with Gasteiger partial charge < -0.3 is 19.9 Å². The van der Waals surface area contributed by atoms with E-state index in [-0.39, 0.29) is 38.0 Å². The van der Waals surface area contributed by atoms with E-state index >= 15 is 0 Å². The third kappa shape index (κ3) is 36.1. The van der Waals surface area contributed by atoms with Gasteiger partial charge in [0.1, 0.15) is 13.2 Å².